The van der Waals surface area contributed by atoms with E-state index in [9.17, 15) is 14.9 Å². The third-order valence-electron chi connectivity index (χ3n) is 1.76. The number of nitrogens with zero attached hydrogens (tertiary/aromatic N) is 1. The lowest BCUT2D eigenvalue weighted by molar-refractivity contribution is -0.385. The number of hydrogen-bond acceptors (Lipinski definition) is 4. The highest BCUT2D eigenvalue weighted by molar-refractivity contribution is 5.83. The van der Waals surface area contributed by atoms with Crippen molar-refractivity contribution in [3.63, 3.8) is 0 Å². The number of carbonyl (C=O) groups excluding carboxylic acids is 1. The molecule has 0 radical (unpaired) electrons. The lowest BCUT2D eigenvalue weighted by Crippen LogP contribution is -2.03. The van der Waals surface area contributed by atoms with E-state index < -0.39 is 10.9 Å². The maximum atomic E-state index is 10.8. The van der Waals surface area contributed by atoms with E-state index in [1.54, 1.807) is 6.92 Å². The zero-order valence-corrected chi connectivity index (χ0v) is 8.10. The molecule has 0 amide bonds. The lowest BCUT2D eigenvalue weighted by atomic mass is 10.2. The van der Waals surface area contributed by atoms with Gasteiger partial charge in [0.05, 0.1) is 11.0 Å². The second-order valence-corrected chi connectivity index (χ2v) is 2.83. The van der Waals surface area contributed by atoms with Crippen LogP contribution < -0.4 is 4.74 Å². The van der Waals surface area contributed by atoms with Crippen molar-refractivity contribution in [3.8, 4) is 5.75 Å². The summed E-state index contributed by atoms with van der Waals surface area (Å²) in [7, 11) is 0. The number of benzene rings is 1. The average Bonchev–Trinajstić information content (AvgIpc) is 2.20. The molecule has 0 aliphatic rings. The van der Waals surface area contributed by atoms with Crippen molar-refractivity contribution in [2.24, 2.45) is 0 Å². The molecule has 0 aromatic heterocycles. The molecule has 5 nitrogen and oxygen atoms in total. The van der Waals surface area contributed by atoms with E-state index in [4.69, 9.17) is 4.74 Å². The van der Waals surface area contributed by atoms with E-state index >= 15 is 0 Å². The van der Waals surface area contributed by atoms with Crippen LogP contribution in [-0.2, 0) is 4.79 Å². The third kappa shape index (κ3) is 2.63. The molecule has 1 aromatic rings. The van der Waals surface area contributed by atoms with Crippen LogP contribution in [0.4, 0.5) is 5.69 Å². The van der Waals surface area contributed by atoms with Crippen molar-refractivity contribution in [1.29, 1.82) is 0 Å². The second kappa shape index (κ2) is 4.36. The largest absolute Gasteiger partial charge is 0.423 e. The van der Waals surface area contributed by atoms with E-state index in [1.165, 1.54) is 18.2 Å². The molecule has 78 valence electrons. The van der Waals surface area contributed by atoms with Gasteiger partial charge in [0, 0.05) is 11.6 Å². The molecule has 5 heteroatoms. The second-order valence-electron chi connectivity index (χ2n) is 2.83. The Morgan fingerprint density at radius 1 is 1.60 bits per heavy atom. The molecular formula is C10H9NO4. The van der Waals surface area contributed by atoms with E-state index in [-0.39, 0.29) is 11.4 Å². The van der Waals surface area contributed by atoms with E-state index in [0.717, 1.165) is 6.08 Å². The van der Waals surface area contributed by atoms with Crippen LogP contribution >= 0.6 is 0 Å². The SMILES string of the molecule is C=CC(=O)Oc1ccc(C)c([N+](=O)[O-])c1. The molecule has 0 aliphatic carbocycles. The first-order valence-electron chi connectivity index (χ1n) is 4.14. The normalized spacial score (nSPS) is 9.40. The van der Waals surface area contributed by atoms with Crippen molar-refractivity contribution in [3.05, 3.63) is 46.5 Å². The monoisotopic (exact) mass is 207 g/mol. The number of aryl methyl sites for hydroxylation is 1. The van der Waals surface area contributed by atoms with Crippen LogP contribution in [0.15, 0.2) is 30.9 Å². The van der Waals surface area contributed by atoms with Crippen LogP contribution in [0.3, 0.4) is 0 Å². The number of carbonyl (C=O) groups is 1. The Hall–Kier alpha value is -2.17. The Kier molecular flexibility index (Phi) is 3.17. The first kappa shape index (κ1) is 10.9. The smallest absolute Gasteiger partial charge is 0.335 e. The highest BCUT2D eigenvalue weighted by Gasteiger charge is 2.12. The van der Waals surface area contributed by atoms with Crippen LogP contribution in [0, 0.1) is 17.0 Å². The fourth-order valence-corrected chi connectivity index (χ4v) is 1.01. The Bertz CT molecular complexity index is 425. The van der Waals surface area contributed by atoms with Crippen LogP contribution in [0.5, 0.6) is 5.75 Å². The highest BCUT2D eigenvalue weighted by Crippen LogP contribution is 2.23. The molecule has 15 heavy (non-hydrogen) atoms. The van der Waals surface area contributed by atoms with Gasteiger partial charge in [-0.2, -0.15) is 0 Å². The quantitative estimate of drug-likeness (QED) is 0.250. The van der Waals surface area contributed by atoms with Gasteiger partial charge in [0.15, 0.2) is 0 Å². The molecule has 0 atom stereocenters. The summed E-state index contributed by atoms with van der Waals surface area (Å²) in [6.45, 7) is 4.83. The van der Waals surface area contributed by atoms with E-state index in [1.807, 2.05) is 0 Å². The summed E-state index contributed by atoms with van der Waals surface area (Å²) in [4.78, 5) is 20.9. The minimum Gasteiger partial charge on any atom is -0.423 e. The topological polar surface area (TPSA) is 69.4 Å². The summed E-state index contributed by atoms with van der Waals surface area (Å²) in [6.07, 6.45) is 0.992. The molecule has 1 aromatic carbocycles. The summed E-state index contributed by atoms with van der Waals surface area (Å²) in [5.41, 5.74) is 0.433. The van der Waals surface area contributed by atoms with Crippen molar-refractivity contribution < 1.29 is 14.5 Å². The zero-order valence-electron chi connectivity index (χ0n) is 8.10. The van der Waals surface area contributed by atoms with Gasteiger partial charge < -0.3 is 4.74 Å². The van der Waals surface area contributed by atoms with Gasteiger partial charge in [0.2, 0.25) is 0 Å². The van der Waals surface area contributed by atoms with Gasteiger partial charge in [0.25, 0.3) is 5.69 Å². The molecule has 0 saturated heterocycles. The first-order valence-corrected chi connectivity index (χ1v) is 4.14. The number of ether oxygens (including phenoxy) is 1. The molecule has 0 fully saturated rings. The minimum atomic E-state index is -0.645. The molecule has 0 heterocycles. The number of nitro benzene ring substituents is 1. The molecule has 0 spiro atoms. The van der Waals surface area contributed by atoms with Gasteiger partial charge in [0.1, 0.15) is 5.75 Å². The van der Waals surface area contributed by atoms with Crippen LogP contribution in [0.25, 0.3) is 0 Å². The molecule has 0 bridgehead atoms. The molecule has 0 aliphatic heterocycles. The number of rotatable bonds is 3. The Morgan fingerprint density at radius 2 is 2.27 bits per heavy atom. The predicted octanol–water partition coefficient (Wildman–Crippen LogP) is 1.99. The summed E-state index contributed by atoms with van der Waals surface area (Å²) in [6, 6.07) is 4.21. The molecule has 0 unspecified atom stereocenters. The summed E-state index contributed by atoms with van der Waals surface area (Å²) < 4.78 is 4.75. The van der Waals surface area contributed by atoms with Crippen molar-refractivity contribution in [1.82, 2.24) is 0 Å². The molecule has 1 rings (SSSR count). The van der Waals surface area contributed by atoms with Gasteiger partial charge in [-0.05, 0) is 19.1 Å². The number of nitro groups is 1. The van der Waals surface area contributed by atoms with E-state index in [0.29, 0.717) is 5.56 Å². The van der Waals surface area contributed by atoms with Crippen molar-refractivity contribution in [2.75, 3.05) is 0 Å². The molecule has 0 N–H and O–H groups in total. The van der Waals surface area contributed by atoms with Crippen LogP contribution in [-0.4, -0.2) is 10.9 Å². The van der Waals surface area contributed by atoms with Crippen LogP contribution in [0.2, 0.25) is 0 Å². The Labute approximate surface area is 86.1 Å². The molecule has 0 saturated carbocycles. The van der Waals surface area contributed by atoms with Gasteiger partial charge >= 0.3 is 5.97 Å². The van der Waals surface area contributed by atoms with Crippen LogP contribution in [0.1, 0.15) is 5.56 Å². The maximum Gasteiger partial charge on any atom is 0.335 e. The molecular weight excluding hydrogens is 198 g/mol. The summed E-state index contributed by atoms with van der Waals surface area (Å²) >= 11 is 0. The van der Waals surface area contributed by atoms with Gasteiger partial charge in [-0.25, -0.2) is 4.79 Å². The van der Waals surface area contributed by atoms with Gasteiger partial charge in [-0.1, -0.05) is 6.58 Å². The van der Waals surface area contributed by atoms with Gasteiger partial charge in [-0.3, -0.25) is 10.1 Å². The third-order valence-corrected chi connectivity index (χ3v) is 1.76. The fourth-order valence-electron chi connectivity index (χ4n) is 1.01. The van der Waals surface area contributed by atoms with Crippen molar-refractivity contribution >= 4 is 11.7 Å². The Balaban J connectivity index is 3.02. The minimum absolute atomic E-state index is 0.0793. The summed E-state index contributed by atoms with van der Waals surface area (Å²) in [5, 5.41) is 10.6. The number of esters is 1. The Morgan fingerprint density at radius 3 is 2.80 bits per heavy atom. The summed E-state index contributed by atoms with van der Waals surface area (Å²) in [5.74, 6) is -0.509. The first-order chi connectivity index (χ1) is 7.04. The van der Waals surface area contributed by atoms with E-state index in [2.05, 4.69) is 6.58 Å². The highest BCUT2D eigenvalue weighted by atomic mass is 16.6. The predicted molar refractivity (Wildman–Crippen MR) is 53.7 cm³/mol. The zero-order chi connectivity index (χ0) is 11.4. The van der Waals surface area contributed by atoms with Crippen molar-refractivity contribution in [2.45, 2.75) is 6.92 Å². The lowest BCUT2D eigenvalue weighted by Gasteiger charge is -2.02. The average molecular weight is 207 g/mol. The fraction of sp³-hybridized carbons (Fsp3) is 0.100. The van der Waals surface area contributed by atoms with Gasteiger partial charge in [-0.15, -0.1) is 0 Å². The standard InChI is InChI=1S/C10H9NO4/c1-3-10(12)15-8-5-4-7(2)9(6-8)11(13)14/h3-6H,1H2,2H3. The number of hydrogen-bond donors (Lipinski definition) is 0. The maximum absolute atomic E-state index is 10.8.